The van der Waals surface area contributed by atoms with E-state index < -0.39 is 0 Å². The number of carbonyl (C=O) groups excluding carboxylic acids is 2. The van der Waals surface area contributed by atoms with Crippen LogP contribution < -0.4 is 15.4 Å². The summed E-state index contributed by atoms with van der Waals surface area (Å²) in [6.45, 7) is 5.04. The molecule has 1 atom stereocenters. The van der Waals surface area contributed by atoms with Gasteiger partial charge in [0.1, 0.15) is 0 Å². The molecule has 0 unspecified atom stereocenters. The van der Waals surface area contributed by atoms with E-state index in [-0.39, 0.29) is 17.6 Å². The second kappa shape index (κ2) is 10.9. The number of nitrogens with zero attached hydrogens (tertiary/aromatic N) is 1. The van der Waals surface area contributed by atoms with Crippen molar-refractivity contribution in [2.24, 2.45) is 0 Å². The number of nitrogens with one attached hydrogen (secondary N) is 2. The number of ether oxygens (including phenoxy) is 1. The lowest BCUT2D eigenvalue weighted by Crippen LogP contribution is -2.40. The molecule has 0 aromatic heterocycles. The van der Waals surface area contributed by atoms with Crippen LogP contribution in [0.1, 0.15) is 54.9 Å². The van der Waals surface area contributed by atoms with Crippen molar-refractivity contribution in [3.8, 4) is 5.75 Å². The quantitative estimate of drug-likeness (QED) is 0.439. The minimum Gasteiger partial charge on any atom is -0.449 e. The van der Waals surface area contributed by atoms with Gasteiger partial charge in [-0.2, -0.15) is 0 Å². The van der Waals surface area contributed by atoms with Gasteiger partial charge in [-0.15, -0.1) is 0 Å². The van der Waals surface area contributed by atoms with Crippen molar-refractivity contribution in [1.29, 1.82) is 0 Å². The first kappa shape index (κ1) is 23.3. The third-order valence-electron chi connectivity index (χ3n) is 6.23. The molecule has 7 heteroatoms. The first-order chi connectivity index (χ1) is 16.0. The minimum absolute atomic E-state index is 0.153. The average molecular weight is 468 g/mol. The molecule has 2 aliphatic rings. The Balaban J connectivity index is 1.32. The van der Waals surface area contributed by atoms with Crippen LogP contribution in [0.2, 0.25) is 5.02 Å². The fraction of sp³-hybridized carbons (Fsp3) is 0.385. The Kier molecular flexibility index (Phi) is 7.68. The molecule has 0 spiro atoms. The molecule has 0 radical (unpaired) electrons. The summed E-state index contributed by atoms with van der Waals surface area (Å²) >= 11 is 5.91. The van der Waals surface area contributed by atoms with Gasteiger partial charge in [-0.1, -0.05) is 37.1 Å². The first-order valence-electron chi connectivity index (χ1n) is 11.7. The van der Waals surface area contributed by atoms with E-state index in [1.807, 2.05) is 12.1 Å². The van der Waals surface area contributed by atoms with Crippen molar-refractivity contribution in [2.75, 3.05) is 25.0 Å². The normalized spacial score (nSPS) is 19.5. The standard InChI is InChI=1S/C26H30ClN3O3/c1-2-21-6-3-4-14-30(21)15-5-13-28-25(31)19-9-12-23-22(17-19)29-26(32)24(33-23)16-18-7-10-20(27)11-8-18/h7-12,16-17,21H,2-6,13-15H2,1H3,(H,28,31)(H,29,32)/b24-16-/t21-/m0/s1. The summed E-state index contributed by atoms with van der Waals surface area (Å²) < 4.78 is 5.78. The molecule has 6 nitrogen and oxygen atoms in total. The molecular weight excluding hydrogens is 438 g/mol. The molecule has 1 saturated heterocycles. The van der Waals surface area contributed by atoms with Gasteiger partial charge in [0.15, 0.2) is 11.5 Å². The molecule has 33 heavy (non-hydrogen) atoms. The van der Waals surface area contributed by atoms with Crippen molar-refractivity contribution in [3.05, 3.63) is 64.4 Å². The number of piperidine rings is 1. The SMILES string of the molecule is CC[C@H]1CCCCN1CCCNC(=O)c1ccc2c(c1)NC(=O)/C(=C/c1ccc(Cl)cc1)O2. The Labute approximate surface area is 199 Å². The molecule has 2 N–H and O–H groups in total. The summed E-state index contributed by atoms with van der Waals surface area (Å²) in [7, 11) is 0. The summed E-state index contributed by atoms with van der Waals surface area (Å²) in [6, 6.07) is 12.9. The van der Waals surface area contributed by atoms with Gasteiger partial charge in [-0.3, -0.25) is 9.59 Å². The van der Waals surface area contributed by atoms with Gasteiger partial charge in [-0.05, 0) is 74.2 Å². The fourth-order valence-corrected chi connectivity index (χ4v) is 4.54. The zero-order chi connectivity index (χ0) is 23.2. The number of fused-ring (bicyclic) bond motifs is 1. The highest BCUT2D eigenvalue weighted by Gasteiger charge is 2.23. The molecule has 2 aromatic carbocycles. The van der Waals surface area contributed by atoms with E-state index in [0.717, 1.165) is 25.1 Å². The van der Waals surface area contributed by atoms with Crippen molar-refractivity contribution in [1.82, 2.24) is 10.2 Å². The maximum atomic E-state index is 12.6. The summed E-state index contributed by atoms with van der Waals surface area (Å²) in [5.41, 5.74) is 1.78. The largest absolute Gasteiger partial charge is 0.449 e. The molecule has 2 aliphatic heterocycles. The summed E-state index contributed by atoms with van der Waals surface area (Å²) in [4.78, 5) is 27.7. The molecule has 174 valence electrons. The van der Waals surface area contributed by atoms with E-state index in [1.54, 1.807) is 36.4 Å². The lowest BCUT2D eigenvalue weighted by atomic mass is 10.00. The van der Waals surface area contributed by atoms with E-state index in [1.165, 1.54) is 25.7 Å². The number of hydrogen-bond acceptors (Lipinski definition) is 4. The maximum Gasteiger partial charge on any atom is 0.291 e. The Hall–Kier alpha value is -2.83. The molecule has 1 fully saturated rings. The van der Waals surface area contributed by atoms with E-state index >= 15 is 0 Å². The number of anilines is 1. The number of benzene rings is 2. The van der Waals surface area contributed by atoms with Crippen molar-refractivity contribution in [3.63, 3.8) is 0 Å². The van der Waals surface area contributed by atoms with E-state index in [0.29, 0.717) is 34.6 Å². The summed E-state index contributed by atoms with van der Waals surface area (Å²) in [5, 5.41) is 6.43. The highest BCUT2D eigenvalue weighted by atomic mass is 35.5. The Morgan fingerprint density at radius 3 is 2.85 bits per heavy atom. The van der Waals surface area contributed by atoms with Gasteiger partial charge in [-0.25, -0.2) is 0 Å². The van der Waals surface area contributed by atoms with E-state index in [2.05, 4.69) is 22.5 Å². The molecule has 2 amide bonds. The summed E-state index contributed by atoms with van der Waals surface area (Å²) in [5.74, 6) is 0.175. The molecular formula is C26H30ClN3O3. The van der Waals surface area contributed by atoms with Gasteiger partial charge < -0.3 is 20.3 Å². The average Bonchev–Trinajstić information content (AvgIpc) is 2.83. The van der Waals surface area contributed by atoms with E-state index in [9.17, 15) is 9.59 Å². The Morgan fingerprint density at radius 2 is 2.06 bits per heavy atom. The van der Waals surface area contributed by atoms with Crippen LogP contribution in [-0.2, 0) is 4.79 Å². The van der Waals surface area contributed by atoms with Crippen LogP contribution >= 0.6 is 11.6 Å². The third kappa shape index (κ3) is 5.95. The second-order valence-electron chi connectivity index (χ2n) is 8.53. The van der Waals surface area contributed by atoms with Crippen LogP contribution in [0, 0.1) is 0 Å². The Morgan fingerprint density at radius 1 is 1.24 bits per heavy atom. The fourth-order valence-electron chi connectivity index (χ4n) is 4.41. The minimum atomic E-state index is -0.359. The highest BCUT2D eigenvalue weighted by Crippen LogP contribution is 2.32. The van der Waals surface area contributed by atoms with E-state index in [4.69, 9.17) is 16.3 Å². The highest BCUT2D eigenvalue weighted by molar-refractivity contribution is 6.30. The zero-order valence-electron chi connectivity index (χ0n) is 18.9. The number of likely N-dealkylation sites (tertiary alicyclic amines) is 1. The molecule has 0 saturated carbocycles. The predicted octanol–water partition coefficient (Wildman–Crippen LogP) is 5.10. The molecule has 4 rings (SSSR count). The lowest BCUT2D eigenvalue weighted by molar-refractivity contribution is -0.115. The number of hydrogen-bond donors (Lipinski definition) is 2. The van der Waals surface area contributed by atoms with Crippen LogP contribution in [0.15, 0.2) is 48.2 Å². The van der Waals surface area contributed by atoms with Crippen molar-refractivity contribution >= 4 is 35.2 Å². The number of carbonyl (C=O) groups is 2. The van der Waals surface area contributed by atoms with Gasteiger partial charge in [0, 0.05) is 29.7 Å². The Bertz CT molecular complexity index is 1040. The van der Waals surface area contributed by atoms with Crippen molar-refractivity contribution in [2.45, 2.75) is 45.1 Å². The number of halogens is 1. The smallest absolute Gasteiger partial charge is 0.291 e. The molecule has 0 bridgehead atoms. The number of rotatable bonds is 7. The monoisotopic (exact) mass is 467 g/mol. The first-order valence-corrected chi connectivity index (χ1v) is 12.0. The van der Waals surface area contributed by atoms with Gasteiger partial charge in [0.25, 0.3) is 11.8 Å². The van der Waals surface area contributed by atoms with Crippen molar-refractivity contribution < 1.29 is 14.3 Å². The van der Waals surface area contributed by atoms with Crippen LogP contribution in [-0.4, -0.2) is 42.4 Å². The molecule has 2 heterocycles. The van der Waals surface area contributed by atoms with Crippen LogP contribution in [0.25, 0.3) is 6.08 Å². The van der Waals surface area contributed by atoms with Gasteiger partial charge in [0.05, 0.1) is 5.69 Å². The van der Waals surface area contributed by atoms with Crippen LogP contribution in [0.4, 0.5) is 5.69 Å². The van der Waals surface area contributed by atoms with Crippen LogP contribution in [0.3, 0.4) is 0 Å². The van der Waals surface area contributed by atoms with Crippen LogP contribution in [0.5, 0.6) is 5.75 Å². The second-order valence-corrected chi connectivity index (χ2v) is 8.97. The summed E-state index contributed by atoms with van der Waals surface area (Å²) in [6.07, 6.45) is 7.63. The van der Waals surface area contributed by atoms with Gasteiger partial charge in [0.2, 0.25) is 0 Å². The maximum absolute atomic E-state index is 12.6. The molecule has 2 aromatic rings. The predicted molar refractivity (Wildman–Crippen MR) is 132 cm³/mol. The van der Waals surface area contributed by atoms with Gasteiger partial charge >= 0.3 is 0 Å². The third-order valence-corrected chi connectivity index (χ3v) is 6.48. The lowest BCUT2D eigenvalue weighted by Gasteiger charge is -2.35. The number of amides is 2. The molecule has 0 aliphatic carbocycles. The topological polar surface area (TPSA) is 70.7 Å². The zero-order valence-corrected chi connectivity index (χ0v) is 19.7.